The maximum atomic E-state index is 12.3. The Morgan fingerprint density at radius 2 is 1.94 bits per heavy atom. The van der Waals surface area contributed by atoms with E-state index in [2.05, 4.69) is 0 Å². The van der Waals surface area contributed by atoms with E-state index in [4.69, 9.17) is 5.73 Å². The number of amides is 1. The van der Waals surface area contributed by atoms with Gasteiger partial charge in [-0.2, -0.15) is 0 Å². The molecule has 0 saturated carbocycles. The van der Waals surface area contributed by atoms with Gasteiger partial charge in [-0.25, -0.2) is 4.79 Å². The van der Waals surface area contributed by atoms with Crippen molar-refractivity contribution in [2.45, 2.75) is 52.6 Å². The molecule has 1 saturated heterocycles. The van der Waals surface area contributed by atoms with E-state index < -0.39 is 18.1 Å². The number of piperidine rings is 1. The zero-order valence-corrected chi connectivity index (χ0v) is 11.6. The second-order valence-corrected chi connectivity index (χ2v) is 6.36. The molecule has 1 fully saturated rings. The standard InChI is InChI=1S/C13H24N2O3/c1-8-5-6-15(9(7-8)12(17)18)11(16)10(14)13(2,3)4/h8-10H,5-7,14H2,1-4H3,(H,17,18)/t8?,9?,10-/m1/s1. The Hall–Kier alpha value is -1.10. The molecule has 0 bridgehead atoms. The van der Waals surface area contributed by atoms with E-state index in [0.717, 1.165) is 6.42 Å². The fourth-order valence-corrected chi connectivity index (χ4v) is 2.19. The van der Waals surface area contributed by atoms with Gasteiger partial charge in [-0.1, -0.05) is 27.7 Å². The number of hydrogen-bond acceptors (Lipinski definition) is 3. The van der Waals surface area contributed by atoms with Crippen LogP contribution in [-0.4, -0.2) is 40.5 Å². The molecule has 5 heteroatoms. The molecule has 1 heterocycles. The summed E-state index contributed by atoms with van der Waals surface area (Å²) in [6, 6.07) is -1.39. The van der Waals surface area contributed by atoms with Gasteiger partial charge in [0, 0.05) is 6.54 Å². The number of carboxylic acid groups (broad SMARTS) is 1. The first-order chi connectivity index (χ1) is 8.14. The number of carbonyl (C=O) groups excluding carboxylic acids is 1. The van der Waals surface area contributed by atoms with Gasteiger partial charge in [-0.15, -0.1) is 0 Å². The van der Waals surface area contributed by atoms with Gasteiger partial charge < -0.3 is 15.7 Å². The highest BCUT2D eigenvalue weighted by molar-refractivity contribution is 5.87. The summed E-state index contributed by atoms with van der Waals surface area (Å²) in [6.45, 7) is 8.16. The van der Waals surface area contributed by atoms with Crippen LogP contribution in [0.1, 0.15) is 40.5 Å². The van der Waals surface area contributed by atoms with Gasteiger partial charge >= 0.3 is 5.97 Å². The molecule has 0 spiro atoms. The molecule has 1 aliphatic heterocycles. The van der Waals surface area contributed by atoms with E-state index in [9.17, 15) is 14.7 Å². The van der Waals surface area contributed by atoms with Crippen molar-refractivity contribution in [1.29, 1.82) is 0 Å². The molecule has 2 unspecified atom stereocenters. The minimum atomic E-state index is -0.934. The molecule has 3 N–H and O–H groups in total. The SMILES string of the molecule is CC1CCN(C(=O)[C@@H](N)C(C)(C)C)C(C(=O)O)C1. The molecule has 1 rings (SSSR count). The highest BCUT2D eigenvalue weighted by Gasteiger charge is 2.39. The fourth-order valence-electron chi connectivity index (χ4n) is 2.19. The minimum Gasteiger partial charge on any atom is -0.480 e. The van der Waals surface area contributed by atoms with E-state index in [0.29, 0.717) is 18.9 Å². The zero-order valence-electron chi connectivity index (χ0n) is 11.6. The number of carboxylic acids is 1. The molecular formula is C13H24N2O3. The average molecular weight is 256 g/mol. The number of nitrogens with two attached hydrogens (primary N) is 1. The van der Waals surface area contributed by atoms with Crippen LogP contribution in [0.5, 0.6) is 0 Å². The summed E-state index contributed by atoms with van der Waals surface area (Å²) >= 11 is 0. The summed E-state index contributed by atoms with van der Waals surface area (Å²) in [5, 5.41) is 9.23. The van der Waals surface area contributed by atoms with E-state index in [1.54, 1.807) is 0 Å². The molecule has 0 aromatic carbocycles. The molecule has 5 nitrogen and oxygen atoms in total. The largest absolute Gasteiger partial charge is 0.480 e. The Bertz CT molecular complexity index is 336. The number of carbonyl (C=O) groups is 2. The second-order valence-electron chi connectivity index (χ2n) is 6.36. The molecular weight excluding hydrogens is 232 g/mol. The lowest BCUT2D eigenvalue weighted by Crippen LogP contribution is -2.57. The molecule has 0 radical (unpaired) electrons. The van der Waals surface area contributed by atoms with E-state index in [1.807, 2.05) is 27.7 Å². The molecule has 0 aromatic heterocycles. The maximum absolute atomic E-state index is 12.3. The Morgan fingerprint density at radius 3 is 2.39 bits per heavy atom. The predicted molar refractivity (Wildman–Crippen MR) is 69.0 cm³/mol. The van der Waals surface area contributed by atoms with Gasteiger partial charge in [-0.05, 0) is 24.2 Å². The third kappa shape index (κ3) is 3.22. The summed E-state index contributed by atoms with van der Waals surface area (Å²) in [6.07, 6.45) is 1.35. The summed E-state index contributed by atoms with van der Waals surface area (Å²) in [5.41, 5.74) is 5.58. The van der Waals surface area contributed by atoms with Gasteiger partial charge in [0.05, 0.1) is 6.04 Å². The van der Waals surface area contributed by atoms with Crippen molar-refractivity contribution in [3.8, 4) is 0 Å². The normalized spacial score (nSPS) is 26.8. The summed E-state index contributed by atoms with van der Waals surface area (Å²) in [4.78, 5) is 25.0. The Kier molecular flexibility index (Phi) is 4.37. The van der Waals surface area contributed by atoms with Crippen molar-refractivity contribution < 1.29 is 14.7 Å². The number of nitrogens with zero attached hydrogens (tertiary/aromatic N) is 1. The Labute approximate surface area is 108 Å². The van der Waals surface area contributed by atoms with Crippen molar-refractivity contribution in [3.63, 3.8) is 0 Å². The minimum absolute atomic E-state index is 0.248. The molecule has 18 heavy (non-hydrogen) atoms. The van der Waals surface area contributed by atoms with E-state index in [1.165, 1.54) is 4.90 Å². The molecule has 3 atom stereocenters. The van der Waals surface area contributed by atoms with Crippen molar-refractivity contribution in [3.05, 3.63) is 0 Å². The predicted octanol–water partition coefficient (Wildman–Crippen LogP) is 1.07. The summed E-state index contributed by atoms with van der Waals surface area (Å²) < 4.78 is 0. The van der Waals surface area contributed by atoms with E-state index >= 15 is 0 Å². The van der Waals surface area contributed by atoms with Crippen molar-refractivity contribution >= 4 is 11.9 Å². The fraction of sp³-hybridized carbons (Fsp3) is 0.846. The van der Waals surface area contributed by atoms with Gasteiger partial charge in [0.25, 0.3) is 0 Å². The first-order valence-corrected chi connectivity index (χ1v) is 6.43. The third-order valence-corrected chi connectivity index (χ3v) is 3.63. The lowest BCUT2D eigenvalue weighted by Gasteiger charge is -2.39. The maximum Gasteiger partial charge on any atom is 0.326 e. The summed E-state index contributed by atoms with van der Waals surface area (Å²) in [7, 11) is 0. The van der Waals surface area contributed by atoms with Crippen LogP contribution in [0.25, 0.3) is 0 Å². The van der Waals surface area contributed by atoms with Gasteiger partial charge in [-0.3, -0.25) is 4.79 Å². The van der Waals surface area contributed by atoms with Crippen LogP contribution in [0.3, 0.4) is 0 Å². The Morgan fingerprint density at radius 1 is 1.39 bits per heavy atom. The third-order valence-electron chi connectivity index (χ3n) is 3.63. The monoisotopic (exact) mass is 256 g/mol. The lowest BCUT2D eigenvalue weighted by molar-refractivity contribution is -0.154. The first kappa shape index (κ1) is 15.0. The van der Waals surface area contributed by atoms with E-state index in [-0.39, 0.29) is 11.3 Å². The van der Waals surface area contributed by atoms with Gasteiger partial charge in [0.2, 0.25) is 5.91 Å². The number of aliphatic carboxylic acids is 1. The van der Waals surface area contributed by atoms with Crippen molar-refractivity contribution in [1.82, 2.24) is 4.90 Å². The first-order valence-electron chi connectivity index (χ1n) is 6.43. The van der Waals surface area contributed by atoms with Crippen LogP contribution in [0.4, 0.5) is 0 Å². The number of rotatable bonds is 2. The highest BCUT2D eigenvalue weighted by atomic mass is 16.4. The molecule has 1 amide bonds. The van der Waals surface area contributed by atoms with Gasteiger partial charge in [0.15, 0.2) is 0 Å². The molecule has 0 aliphatic carbocycles. The average Bonchev–Trinajstić information content (AvgIpc) is 2.25. The van der Waals surface area contributed by atoms with Crippen LogP contribution < -0.4 is 5.73 Å². The second kappa shape index (κ2) is 5.26. The quantitative estimate of drug-likeness (QED) is 0.774. The molecule has 1 aliphatic rings. The van der Waals surface area contributed by atoms with Crippen molar-refractivity contribution in [2.75, 3.05) is 6.54 Å². The molecule has 0 aromatic rings. The highest BCUT2D eigenvalue weighted by Crippen LogP contribution is 2.26. The van der Waals surface area contributed by atoms with Crippen molar-refractivity contribution in [2.24, 2.45) is 17.1 Å². The van der Waals surface area contributed by atoms with Crippen LogP contribution >= 0.6 is 0 Å². The van der Waals surface area contributed by atoms with Crippen LogP contribution in [0.15, 0.2) is 0 Å². The van der Waals surface area contributed by atoms with Crippen LogP contribution in [-0.2, 0) is 9.59 Å². The lowest BCUT2D eigenvalue weighted by atomic mass is 9.85. The number of hydrogen-bond donors (Lipinski definition) is 2. The topological polar surface area (TPSA) is 83.6 Å². The summed E-state index contributed by atoms with van der Waals surface area (Å²) in [5.74, 6) is -0.848. The van der Waals surface area contributed by atoms with Crippen LogP contribution in [0.2, 0.25) is 0 Å². The number of likely N-dealkylation sites (tertiary alicyclic amines) is 1. The Balaban J connectivity index is 2.86. The van der Waals surface area contributed by atoms with Crippen LogP contribution in [0, 0.1) is 11.3 Å². The van der Waals surface area contributed by atoms with Gasteiger partial charge in [0.1, 0.15) is 6.04 Å². The molecule has 104 valence electrons. The zero-order chi connectivity index (χ0) is 14.1. The smallest absolute Gasteiger partial charge is 0.326 e.